The number of pyridine rings is 2. The molecule has 2 aliphatic rings. The number of ether oxygens (including phenoxy) is 1. The van der Waals surface area contributed by atoms with Gasteiger partial charge in [-0.1, -0.05) is 0 Å². The molecule has 0 saturated carbocycles. The summed E-state index contributed by atoms with van der Waals surface area (Å²) in [5, 5.41) is 21.0. The van der Waals surface area contributed by atoms with Gasteiger partial charge in [0.05, 0.1) is 41.8 Å². The van der Waals surface area contributed by atoms with E-state index in [0.717, 1.165) is 64.3 Å². The van der Waals surface area contributed by atoms with E-state index in [-0.39, 0.29) is 6.04 Å². The zero-order chi connectivity index (χ0) is 20.1. The van der Waals surface area contributed by atoms with Gasteiger partial charge in [0.2, 0.25) is 0 Å². The third kappa shape index (κ3) is 2.58. The Kier molecular flexibility index (Phi) is 3.80. The largest absolute Gasteiger partial charge is 0.492 e. The summed E-state index contributed by atoms with van der Waals surface area (Å²) in [6.07, 6.45) is 9.58. The summed E-state index contributed by atoms with van der Waals surface area (Å²) in [6, 6.07) is 6.34. The van der Waals surface area contributed by atoms with Crippen LogP contribution >= 0.6 is 0 Å². The molecule has 1 N–H and O–H groups in total. The number of fused-ring (bicyclic) bond motifs is 4. The first kappa shape index (κ1) is 17.1. The van der Waals surface area contributed by atoms with Gasteiger partial charge in [0.15, 0.2) is 5.65 Å². The number of hydrogen-bond acceptors (Lipinski definition) is 7. The van der Waals surface area contributed by atoms with Crippen molar-refractivity contribution in [3.05, 3.63) is 36.8 Å². The summed E-state index contributed by atoms with van der Waals surface area (Å²) in [5.41, 5.74) is 4.86. The van der Waals surface area contributed by atoms with Crippen LogP contribution in [0, 0.1) is 0 Å². The molecule has 9 heteroatoms. The van der Waals surface area contributed by atoms with Gasteiger partial charge < -0.3 is 9.64 Å². The molecule has 1 atom stereocenters. The van der Waals surface area contributed by atoms with Crippen molar-refractivity contribution >= 4 is 34.3 Å². The number of anilines is 1. The van der Waals surface area contributed by atoms with Crippen LogP contribution in [0.5, 0.6) is 5.75 Å². The van der Waals surface area contributed by atoms with Gasteiger partial charge in [0.25, 0.3) is 0 Å². The highest BCUT2D eigenvalue weighted by atomic mass is 16.5. The highest BCUT2D eigenvalue weighted by molar-refractivity contribution is 6.08. The molecule has 0 amide bonds. The van der Waals surface area contributed by atoms with Gasteiger partial charge >= 0.3 is 0 Å². The lowest BCUT2D eigenvalue weighted by molar-refractivity contribution is 0.338. The first-order valence-corrected chi connectivity index (χ1v) is 10.1. The van der Waals surface area contributed by atoms with Crippen molar-refractivity contribution in [1.29, 1.82) is 0 Å². The zero-order valence-electron chi connectivity index (χ0n) is 16.5. The van der Waals surface area contributed by atoms with Gasteiger partial charge in [-0.05, 0) is 38.0 Å². The maximum absolute atomic E-state index is 5.77. The number of piperidine rings is 1. The normalized spacial score (nSPS) is 18.2. The fraction of sp³-hybridized carbons (Fsp3) is 0.286. The molecule has 6 heterocycles. The monoisotopic (exact) mass is 400 g/mol. The van der Waals surface area contributed by atoms with E-state index in [4.69, 9.17) is 9.72 Å². The Morgan fingerprint density at radius 1 is 1.27 bits per heavy atom. The van der Waals surface area contributed by atoms with E-state index in [9.17, 15) is 0 Å². The Hall–Kier alpha value is -3.75. The highest BCUT2D eigenvalue weighted by Crippen LogP contribution is 2.33. The Labute approximate surface area is 172 Å². The molecule has 1 saturated heterocycles. The predicted octanol–water partition coefficient (Wildman–Crippen LogP) is 3.08. The van der Waals surface area contributed by atoms with Gasteiger partial charge in [-0.25, -0.2) is 9.50 Å². The number of nitrogens with zero attached hydrogens (tertiary/aromatic N) is 7. The summed E-state index contributed by atoms with van der Waals surface area (Å²) < 4.78 is 7.62. The van der Waals surface area contributed by atoms with Gasteiger partial charge in [0, 0.05) is 23.9 Å². The summed E-state index contributed by atoms with van der Waals surface area (Å²) in [5.74, 6) is 1.70. The zero-order valence-corrected chi connectivity index (χ0v) is 16.5. The van der Waals surface area contributed by atoms with E-state index in [1.165, 1.54) is 0 Å². The average molecular weight is 400 g/mol. The second-order valence-corrected chi connectivity index (χ2v) is 7.45. The standard InChI is InChI=1S/C21H20N8O/c1-2-30-14-8-15(20-16-10-23-26-21(16)27-29(20)12-14)13-5-6-19(22-9-13)28-7-3-4-17-18(28)11-24-25-17/h5-6,8-12,18H,2-4,7H2,1H3,(H,26,27). The number of rotatable bonds is 4. The molecule has 0 spiro atoms. The van der Waals surface area contributed by atoms with E-state index >= 15 is 0 Å². The Balaban J connectivity index is 1.44. The number of nitrogens with one attached hydrogen (secondary N) is 1. The molecule has 0 radical (unpaired) electrons. The number of aromatic amines is 1. The summed E-state index contributed by atoms with van der Waals surface area (Å²) in [6.45, 7) is 3.51. The van der Waals surface area contributed by atoms with Crippen molar-refractivity contribution in [2.24, 2.45) is 10.2 Å². The molecule has 2 aliphatic heterocycles. The lowest BCUT2D eigenvalue weighted by Crippen LogP contribution is -2.45. The first-order chi connectivity index (χ1) is 14.8. The molecule has 150 valence electrons. The SMILES string of the molecule is CCOc1cc(-c2ccc(N3CCCC4=NN=CC43)nc2)c2c3cn[nH]c3nn2c1. The Bertz CT molecular complexity index is 1300. The fourth-order valence-electron chi connectivity index (χ4n) is 4.32. The first-order valence-electron chi connectivity index (χ1n) is 10.1. The van der Waals surface area contributed by atoms with Crippen LogP contribution in [0.25, 0.3) is 27.7 Å². The molecule has 9 nitrogen and oxygen atoms in total. The predicted molar refractivity (Wildman–Crippen MR) is 116 cm³/mol. The van der Waals surface area contributed by atoms with Gasteiger partial charge in [-0.2, -0.15) is 15.3 Å². The molecule has 0 bridgehead atoms. The smallest absolute Gasteiger partial charge is 0.178 e. The van der Waals surface area contributed by atoms with Crippen LogP contribution in [-0.2, 0) is 0 Å². The minimum atomic E-state index is 0.130. The maximum Gasteiger partial charge on any atom is 0.178 e. The fourth-order valence-corrected chi connectivity index (χ4v) is 4.32. The molecule has 1 unspecified atom stereocenters. The number of hydrogen-bond donors (Lipinski definition) is 1. The Morgan fingerprint density at radius 2 is 2.23 bits per heavy atom. The van der Waals surface area contributed by atoms with Crippen LogP contribution in [0.3, 0.4) is 0 Å². The third-order valence-corrected chi connectivity index (χ3v) is 5.67. The number of aromatic nitrogens is 5. The van der Waals surface area contributed by atoms with Gasteiger partial charge in [0.1, 0.15) is 17.6 Å². The molecule has 0 aliphatic carbocycles. The molecular formula is C21H20N8O. The van der Waals surface area contributed by atoms with Crippen LogP contribution in [0.15, 0.2) is 47.0 Å². The lowest BCUT2D eigenvalue weighted by atomic mass is 10.0. The topological polar surface area (TPSA) is 96.1 Å². The van der Waals surface area contributed by atoms with Gasteiger partial charge in [-0.3, -0.25) is 5.10 Å². The third-order valence-electron chi connectivity index (χ3n) is 5.67. The maximum atomic E-state index is 5.77. The molecule has 30 heavy (non-hydrogen) atoms. The van der Waals surface area contributed by atoms with Crippen molar-refractivity contribution in [2.75, 3.05) is 18.1 Å². The summed E-state index contributed by atoms with van der Waals surface area (Å²) >= 11 is 0. The highest BCUT2D eigenvalue weighted by Gasteiger charge is 2.30. The molecular weight excluding hydrogens is 380 g/mol. The van der Waals surface area contributed by atoms with E-state index in [1.807, 2.05) is 36.1 Å². The molecule has 4 aromatic heterocycles. The van der Waals surface area contributed by atoms with Crippen LogP contribution in [0.1, 0.15) is 19.8 Å². The van der Waals surface area contributed by atoms with E-state index in [1.54, 1.807) is 6.20 Å². The van der Waals surface area contributed by atoms with E-state index in [0.29, 0.717) is 6.61 Å². The van der Waals surface area contributed by atoms with Crippen molar-refractivity contribution in [2.45, 2.75) is 25.8 Å². The minimum Gasteiger partial charge on any atom is -0.492 e. The van der Waals surface area contributed by atoms with Crippen LogP contribution < -0.4 is 9.64 Å². The van der Waals surface area contributed by atoms with Crippen LogP contribution in [0.2, 0.25) is 0 Å². The minimum absolute atomic E-state index is 0.130. The van der Waals surface area contributed by atoms with Crippen molar-refractivity contribution in [3.63, 3.8) is 0 Å². The van der Waals surface area contributed by atoms with Crippen LogP contribution in [-0.4, -0.2) is 55.9 Å². The summed E-state index contributed by atoms with van der Waals surface area (Å²) in [7, 11) is 0. The second-order valence-electron chi connectivity index (χ2n) is 7.45. The molecule has 4 aromatic rings. The number of H-pyrrole nitrogens is 1. The van der Waals surface area contributed by atoms with Crippen molar-refractivity contribution in [3.8, 4) is 16.9 Å². The van der Waals surface area contributed by atoms with Crippen molar-refractivity contribution in [1.82, 2.24) is 24.8 Å². The Morgan fingerprint density at radius 3 is 3.10 bits per heavy atom. The van der Waals surface area contributed by atoms with Crippen molar-refractivity contribution < 1.29 is 4.74 Å². The van der Waals surface area contributed by atoms with E-state index < -0.39 is 0 Å². The lowest BCUT2D eigenvalue weighted by Gasteiger charge is -2.33. The average Bonchev–Trinajstić information content (AvgIpc) is 3.49. The molecule has 1 fully saturated rings. The second kappa shape index (κ2) is 6.65. The molecule has 0 aromatic carbocycles. The summed E-state index contributed by atoms with van der Waals surface area (Å²) in [4.78, 5) is 7.05. The quantitative estimate of drug-likeness (QED) is 0.568. The van der Waals surface area contributed by atoms with Gasteiger partial charge in [-0.15, -0.1) is 5.10 Å². The van der Waals surface area contributed by atoms with E-state index in [2.05, 4.69) is 42.5 Å². The molecule has 6 rings (SSSR count). The van der Waals surface area contributed by atoms with Crippen LogP contribution in [0.4, 0.5) is 5.82 Å².